The summed E-state index contributed by atoms with van der Waals surface area (Å²) in [6.07, 6.45) is 2.03. The fraction of sp³-hybridized carbons (Fsp3) is 0.308. The number of carbonyl (C=O) groups excluding carboxylic acids is 1. The first-order valence-corrected chi connectivity index (χ1v) is 7.14. The van der Waals surface area contributed by atoms with E-state index >= 15 is 0 Å². The number of nitrogens with two attached hydrogens (primary N) is 1. The molecule has 3 N–H and O–H groups in total. The summed E-state index contributed by atoms with van der Waals surface area (Å²) in [5.74, 6) is 0.953. The smallest absolute Gasteiger partial charge is 0.270 e. The van der Waals surface area contributed by atoms with Gasteiger partial charge >= 0.3 is 0 Å². The fourth-order valence-electron chi connectivity index (χ4n) is 1.80. The molecule has 1 heterocycles. The van der Waals surface area contributed by atoms with E-state index in [-0.39, 0.29) is 5.91 Å². The van der Waals surface area contributed by atoms with Crippen LogP contribution in [-0.4, -0.2) is 41.4 Å². The molecule has 1 amide bonds. The summed E-state index contributed by atoms with van der Waals surface area (Å²) in [6.45, 7) is 0.748. The Bertz CT molecular complexity index is 564. The zero-order chi connectivity index (χ0) is 13.1. The summed E-state index contributed by atoms with van der Waals surface area (Å²) < 4.78 is 0. The molecule has 5 heteroatoms. The van der Waals surface area contributed by atoms with E-state index in [2.05, 4.69) is 4.98 Å². The lowest BCUT2D eigenvalue weighted by molar-refractivity contribution is 0.0799. The van der Waals surface area contributed by atoms with E-state index in [1.54, 1.807) is 16.7 Å². The number of fused-ring (bicyclic) bond motifs is 1. The molecule has 2 aromatic rings. The highest BCUT2D eigenvalue weighted by Gasteiger charge is 2.13. The summed E-state index contributed by atoms with van der Waals surface area (Å²) >= 11 is 1.73. The van der Waals surface area contributed by atoms with Crippen LogP contribution in [0.1, 0.15) is 10.5 Å². The van der Waals surface area contributed by atoms with Crippen LogP contribution in [0.5, 0.6) is 0 Å². The lowest BCUT2D eigenvalue weighted by Crippen LogP contribution is -2.29. The normalized spacial score (nSPS) is 10.8. The molecule has 0 aliphatic carbocycles. The molecule has 18 heavy (non-hydrogen) atoms. The number of rotatable bonds is 4. The Hall–Kier alpha value is -1.62. The van der Waals surface area contributed by atoms with Gasteiger partial charge < -0.3 is 15.6 Å². The monoisotopic (exact) mass is 263 g/mol. The van der Waals surface area contributed by atoms with Gasteiger partial charge in [-0.2, -0.15) is 11.8 Å². The topological polar surface area (TPSA) is 62.1 Å². The number of amides is 1. The Morgan fingerprint density at radius 2 is 2.22 bits per heavy atom. The predicted octanol–water partition coefficient (Wildman–Crippen LogP) is 2.19. The molecule has 2 rings (SSSR count). The van der Waals surface area contributed by atoms with Crippen molar-refractivity contribution >= 4 is 34.3 Å². The van der Waals surface area contributed by atoms with Crippen molar-refractivity contribution in [3.63, 3.8) is 0 Å². The number of nitrogens with one attached hydrogen (secondary N) is 1. The minimum atomic E-state index is 0.0128. The zero-order valence-electron chi connectivity index (χ0n) is 10.6. The first-order valence-electron chi connectivity index (χ1n) is 5.74. The van der Waals surface area contributed by atoms with Crippen LogP contribution in [0.3, 0.4) is 0 Å². The molecule has 0 aliphatic heterocycles. The van der Waals surface area contributed by atoms with Gasteiger partial charge in [0.2, 0.25) is 0 Å². The molecule has 0 spiro atoms. The minimum absolute atomic E-state index is 0.0128. The Kier molecular flexibility index (Phi) is 3.81. The van der Waals surface area contributed by atoms with Crippen molar-refractivity contribution in [3.8, 4) is 0 Å². The third-order valence-corrected chi connectivity index (χ3v) is 3.44. The van der Waals surface area contributed by atoms with Crippen LogP contribution in [0, 0.1) is 0 Å². The number of nitrogens with zero attached hydrogens (tertiary/aromatic N) is 1. The molecule has 0 bridgehead atoms. The van der Waals surface area contributed by atoms with E-state index < -0.39 is 0 Å². The highest BCUT2D eigenvalue weighted by atomic mass is 32.2. The highest BCUT2D eigenvalue weighted by molar-refractivity contribution is 7.98. The average Bonchev–Trinajstić information content (AvgIpc) is 2.77. The number of hydrogen-bond donors (Lipinski definition) is 2. The number of hydrogen-bond acceptors (Lipinski definition) is 3. The fourth-order valence-corrected chi connectivity index (χ4v) is 2.26. The molecule has 0 radical (unpaired) electrons. The maximum Gasteiger partial charge on any atom is 0.270 e. The van der Waals surface area contributed by atoms with Crippen LogP contribution in [0.15, 0.2) is 24.3 Å². The zero-order valence-corrected chi connectivity index (χ0v) is 11.4. The highest BCUT2D eigenvalue weighted by Crippen LogP contribution is 2.19. The summed E-state index contributed by atoms with van der Waals surface area (Å²) in [7, 11) is 1.82. The molecule has 0 atom stereocenters. The Morgan fingerprint density at radius 3 is 2.94 bits per heavy atom. The first-order chi connectivity index (χ1) is 8.61. The molecule has 0 aliphatic rings. The number of benzene rings is 1. The van der Waals surface area contributed by atoms with E-state index in [4.69, 9.17) is 5.73 Å². The van der Waals surface area contributed by atoms with E-state index in [1.807, 2.05) is 37.6 Å². The van der Waals surface area contributed by atoms with Gasteiger partial charge in [0, 0.05) is 35.9 Å². The maximum absolute atomic E-state index is 12.2. The summed E-state index contributed by atoms with van der Waals surface area (Å²) in [6, 6.07) is 7.43. The molecular weight excluding hydrogens is 246 g/mol. The van der Waals surface area contributed by atoms with Crippen molar-refractivity contribution in [2.45, 2.75) is 0 Å². The van der Waals surface area contributed by atoms with Crippen molar-refractivity contribution in [3.05, 3.63) is 30.0 Å². The summed E-state index contributed by atoms with van der Waals surface area (Å²) in [5.41, 5.74) is 7.97. The third-order valence-electron chi connectivity index (χ3n) is 2.85. The van der Waals surface area contributed by atoms with Crippen LogP contribution in [0.25, 0.3) is 10.9 Å². The SMILES string of the molecule is CSCCN(C)C(=O)c1cc2cc(N)ccc2[nH]1. The molecule has 1 aromatic carbocycles. The van der Waals surface area contributed by atoms with E-state index in [0.717, 1.165) is 23.2 Å². The van der Waals surface area contributed by atoms with E-state index in [9.17, 15) is 4.79 Å². The molecule has 96 valence electrons. The van der Waals surface area contributed by atoms with Crippen molar-refractivity contribution in [1.82, 2.24) is 9.88 Å². The third kappa shape index (κ3) is 2.61. The van der Waals surface area contributed by atoms with Gasteiger partial charge in [-0.15, -0.1) is 0 Å². The van der Waals surface area contributed by atoms with Crippen LogP contribution >= 0.6 is 11.8 Å². The Morgan fingerprint density at radius 1 is 1.44 bits per heavy atom. The molecule has 1 aromatic heterocycles. The quantitative estimate of drug-likeness (QED) is 0.831. The van der Waals surface area contributed by atoms with E-state index in [0.29, 0.717) is 11.4 Å². The van der Waals surface area contributed by atoms with Crippen molar-refractivity contribution in [2.75, 3.05) is 31.3 Å². The van der Waals surface area contributed by atoms with Crippen LogP contribution < -0.4 is 5.73 Å². The van der Waals surface area contributed by atoms with Gasteiger partial charge in [0.05, 0.1) is 0 Å². The second-order valence-electron chi connectivity index (χ2n) is 4.25. The van der Waals surface area contributed by atoms with Gasteiger partial charge in [-0.3, -0.25) is 4.79 Å². The Balaban J connectivity index is 2.22. The van der Waals surface area contributed by atoms with Crippen LogP contribution in [-0.2, 0) is 0 Å². The molecule has 0 saturated carbocycles. The Labute approximate surface area is 111 Å². The summed E-state index contributed by atoms with van der Waals surface area (Å²) in [5, 5.41) is 0.969. The van der Waals surface area contributed by atoms with Gasteiger partial charge in [0.25, 0.3) is 5.91 Å². The molecular formula is C13H17N3OS. The lowest BCUT2D eigenvalue weighted by atomic mass is 10.2. The summed E-state index contributed by atoms with van der Waals surface area (Å²) in [4.78, 5) is 17.0. The lowest BCUT2D eigenvalue weighted by Gasteiger charge is -2.15. The van der Waals surface area contributed by atoms with E-state index in [1.165, 1.54) is 0 Å². The molecule has 0 fully saturated rings. The molecule has 0 saturated heterocycles. The largest absolute Gasteiger partial charge is 0.399 e. The van der Waals surface area contributed by atoms with Crippen LogP contribution in [0.2, 0.25) is 0 Å². The van der Waals surface area contributed by atoms with Crippen LogP contribution in [0.4, 0.5) is 5.69 Å². The first kappa shape index (κ1) is 12.8. The molecule has 4 nitrogen and oxygen atoms in total. The van der Waals surface area contributed by atoms with Gasteiger partial charge in [0.1, 0.15) is 5.69 Å². The minimum Gasteiger partial charge on any atom is -0.399 e. The number of aromatic amines is 1. The van der Waals surface area contributed by atoms with Crippen molar-refractivity contribution in [2.24, 2.45) is 0 Å². The predicted molar refractivity (Wildman–Crippen MR) is 78.1 cm³/mol. The molecule has 0 unspecified atom stereocenters. The van der Waals surface area contributed by atoms with Gasteiger partial charge in [-0.05, 0) is 30.5 Å². The maximum atomic E-state index is 12.2. The second kappa shape index (κ2) is 5.35. The number of H-pyrrole nitrogens is 1. The second-order valence-corrected chi connectivity index (χ2v) is 5.23. The number of aromatic nitrogens is 1. The number of carbonyl (C=O) groups is 1. The van der Waals surface area contributed by atoms with Gasteiger partial charge in [-0.1, -0.05) is 0 Å². The number of anilines is 1. The number of thioether (sulfide) groups is 1. The van der Waals surface area contributed by atoms with Crippen molar-refractivity contribution in [1.29, 1.82) is 0 Å². The van der Waals surface area contributed by atoms with Gasteiger partial charge in [0.15, 0.2) is 0 Å². The van der Waals surface area contributed by atoms with Gasteiger partial charge in [-0.25, -0.2) is 0 Å². The standard InChI is InChI=1S/C13H17N3OS/c1-16(5-6-18-2)13(17)12-8-9-7-10(14)3-4-11(9)15-12/h3-4,7-8,15H,5-6,14H2,1-2H3. The van der Waals surface area contributed by atoms with Crippen molar-refractivity contribution < 1.29 is 4.79 Å². The number of nitrogen functional groups attached to an aromatic ring is 1. The average molecular weight is 263 g/mol.